The van der Waals surface area contributed by atoms with Crippen LogP contribution in [0.2, 0.25) is 0 Å². The number of carboxylic acid groups (broad SMARTS) is 1. The molecule has 0 spiro atoms. The van der Waals surface area contributed by atoms with Crippen LogP contribution in [0.1, 0.15) is 16.9 Å². The molecule has 1 atom stereocenters. The number of fused-ring (bicyclic) bond motifs is 1. The molecule has 2 rings (SSSR count). The van der Waals surface area contributed by atoms with Crippen molar-refractivity contribution in [3.8, 4) is 0 Å². The SMILES string of the molecule is Cc1ccc2oc(CC(N)C(=O)O)c(C)c2c1. The molecule has 3 N–H and O–H groups in total. The molecule has 4 heteroatoms. The van der Waals surface area contributed by atoms with E-state index in [1.807, 2.05) is 32.0 Å². The van der Waals surface area contributed by atoms with Crippen molar-refractivity contribution in [3.05, 3.63) is 35.1 Å². The van der Waals surface area contributed by atoms with Gasteiger partial charge in [0.2, 0.25) is 0 Å². The zero-order valence-corrected chi connectivity index (χ0v) is 9.86. The van der Waals surface area contributed by atoms with Gasteiger partial charge in [0.1, 0.15) is 17.4 Å². The van der Waals surface area contributed by atoms with Crippen molar-refractivity contribution in [2.45, 2.75) is 26.3 Å². The zero-order valence-electron chi connectivity index (χ0n) is 9.86. The van der Waals surface area contributed by atoms with Crippen molar-refractivity contribution in [1.82, 2.24) is 0 Å². The number of nitrogens with two attached hydrogens (primary N) is 1. The first kappa shape index (κ1) is 11.7. The van der Waals surface area contributed by atoms with Gasteiger partial charge in [-0.05, 0) is 31.5 Å². The Morgan fingerprint density at radius 1 is 1.47 bits per heavy atom. The fourth-order valence-corrected chi connectivity index (χ4v) is 1.87. The third-order valence-electron chi connectivity index (χ3n) is 2.91. The third kappa shape index (κ3) is 2.17. The maximum absolute atomic E-state index is 10.7. The summed E-state index contributed by atoms with van der Waals surface area (Å²) in [5, 5.41) is 9.81. The number of hydrogen-bond acceptors (Lipinski definition) is 3. The minimum Gasteiger partial charge on any atom is -0.480 e. The summed E-state index contributed by atoms with van der Waals surface area (Å²) >= 11 is 0. The Labute approximate surface area is 99.0 Å². The van der Waals surface area contributed by atoms with Crippen molar-refractivity contribution >= 4 is 16.9 Å². The Bertz CT molecular complexity index is 571. The number of rotatable bonds is 3. The highest BCUT2D eigenvalue weighted by molar-refractivity contribution is 5.83. The molecule has 1 aromatic heterocycles. The van der Waals surface area contributed by atoms with E-state index in [9.17, 15) is 4.79 Å². The number of carboxylic acids is 1. The minimum atomic E-state index is -1.01. The normalized spacial score (nSPS) is 12.9. The number of furan rings is 1. The van der Waals surface area contributed by atoms with Crippen molar-refractivity contribution < 1.29 is 14.3 Å². The topological polar surface area (TPSA) is 76.5 Å². The van der Waals surface area contributed by atoms with Gasteiger partial charge in [-0.1, -0.05) is 11.6 Å². The molecule has 2 aromatic rings. The van der Waals surface area contributed by atoms with Gasteiger partial charge in [0, 0.05) is 11.8 Å². The molecule has 90 valence electrons. The quantitative estimate of drug-likeness (QED) is 0.850. The zero-order chi connectivity index (χ0) is 12.6. The molecular formula is C13H15NO3. The van der Waals surface area contributed by atoms with E-state index in [2.05, 4.69) is 0 Å². The molecule has 0 saturated carbocycles. The van der Waals surface area contributed by atoms with E-state index >= 15 is 0 Å². The predicted octanol–water partition coefficient (Wildman–Crippen LogP) is 2.00. The van der Waals surface area contributed by atoms with Crippen LogP contribution in [0.4, 0.5) is 0 Å². The van der Waals surface area contributed by atoms with Crippen molar-refractivity contribution in [2.75, 3.05) is 0 Å². The Kier molecular flexibility index (Phi) is 2.90. The van der Waals surface area contributed by atoms with Gasteiger partial charge in [0.25, 0.3) is 0 Å². The summed E-state index contributed by atoms with van der Waals surface area (Å²) in [6.45, 7) is 3.93. The van der Waals surface area contributed by atoms with Crippen molar-refractivity contribution in [1.29, 1.82) is 0 Å². The molecule has 1 aromatic carbocycles. The summed E-state index contributed by atoms with van der Waals surface area (Å²) in [7, 11) is 0. The van der Waals surface area contributed by atoms with Gasteiger partial charge >= 0.3 is 5.97 Å². The number of carbonyl (C=O) groups is 1. The van der Waals surface area contributed by atoms with Crippen molar-refractivity contribution in [3.63, 3.8) is 0 Å². The van der Waals surface area contributed by atoms with Crippen LogP contribution >= 0.6 is 0 Å². The smallest absolute Gasteiger partial charge is 0.320 e. The summed E-state index contributed by atoms with van der Waals surface area (Å²) in [6.07, 6.45) is 0.217. The second-order valence-corrected chi connectivity index (χ2v) is 4.30. The third-order valence-corrected chi connectivity index (χ3v) is 2.91. The maximum Gasteiger partial charge on any atom is 0.320 e. The van der Waals surface area contributed by atoms with E-state index in [-0.39, 0.29) is 6.42 Å². The van der Waals surface area contributed by atoms with Crippen LogP contribution in [0.3, 0.4) is 0 Å². The average molecular weight is 233 g/mol. The molecule has 1 unspecified atom stereocenters. The standard InChI is InChI=1S/C13H15NO3/c1-7-3-4-11-9(5-7)8(2)12(17-11)6-10(14)13(15)16/h3-5,10H,6,14H2,1-2H3,(H,15,16). The van der Waals surface area contributed by atoms with Crippen LogP contribution < -0.4 is 5.73 Å². The monoisotopic (exact) mass is 233 g/mol. The van der Waals surface area contributed by atoms with E-state index in [1.165, 1.54) is 0 Å². The van der Waals surface area contributed by atoms with Crippen LogP contribution in [-0.4, -0.2) is 17.1 Å². The Morgan fingerprint density at radius 2 is 2.18 bits per heavy atom. The molecule has 1 heterocycles. The van der Waals surface area contributed by atoms with E-state index in [1.54, 1.807) is 0 Å². The summed E-state index contributed by atoms with van der Waals surface area (Å²) in [5.74, 6) is -0.360. The molecular weight excluding hydrogens is 218 g/mol. The van der Waals surface area contributed by atoms with E-state index in [0.29, 0.717) is 5.76 Å². The Balaban J connectivity index is 2.42. The molecule has 0 fully saturated rings. The van der Waals surface area contributed by atoms with E-state index in [0.717, 1.165) is 22.1 Å². The van der Waals surface area contributed by atoms with E-state index in [4.69, 9.17) is 15.3 Å². The summed E-state index contributed by atoms with van der Waals surface area (Å²) in [6, 6.07) is 4.97. The summed E-state index contributed by atoms with van der Waals surface area (Å²) < 4.78 is 5.63. The maximum atomic E-state index is 10.7. The second-order valence-electron chi connectivity index (χ2n) is 4.30. The first-order chi connectivity index (χ1) is 7.99. The molecule has 0 saturated heterocycles. The highest BCUT2D eigenvalue weighted by Crippen LogP contribution is 2.26. The van der Waals surface area contributed by atoms with Gasteiger partial charge in [-0.2, -0.15) is 0 Å². The van der Waals surface area contributed by atoms with Gasteiger partial charge in [-0.3, -0.25) is 4.79 Å². The highest BCUT2D eigenvalue weighted by Gasteiger charge is 2.18. The lowest BCUT2D eigenvalue weighted by Gasteiger charge is -2.03. The van der Waals surface area contributed by atoms with Gasteiger partial charge in [0.05, 0.1) is 0 Å². The van der Waals surface area contributed by atoms with Crippen LogP contribution in [-0.2, 0) is 11.2 Å². The van der Waals surface area contributed by atoms with Crippen LogP contribution in [0, 0.1) is 13.8 Å². The second kappa shape index (κ2) is 4.22. The van der Waals surface area contributed by atoms with Gasteiger partial charge < -0.3 is 15.3 Å². The molecule has 0 radical (unpaired) electrons. The molecule has 17 heavy (non-hydrogen) atoms. The molecule has 0 amide bonds. The van der Waals surface area contributed by atoms with Crippen LogP contribution in [0.15, 0.2) is 22.6 Å². The van der Waals surface area contributed by atoms with Gasteiger partial charge in [0.15, 0.2) is 0 Å². The molecule has 0 aliphatic rings. The number of benzene rings is 1. The minimum absolute atomic E-state index is 0.217. The lowest BCUT2D eigenvalue weighted by Crippen LogP contribution is -2.32. The average Bonchev–Trinajstić information content (AvgIpc) is 2.56. The first-order valence-corrected chi connectivity index (χ1v) is 5.46. The largest absolute Gasteiger partial charge is 0.480 e. The highest BCUT2D eigenvalue weighted by atomic mass is 16.4. The fourth-order valence-electron chi connectivity index (χ4n) is 1.87. The number of aryl methyl sites for hydroxylation is 2. The Morgan fingerprint density at radius 3 is 2.82 bits per heavy atom. The van der Waals surface area contributed by atoms with Crippen LogP contribution in [0.5, 0.6) is 0 Å². The lowest BCUT2D eigenvalue weighted by atomic mass is 10.1. The molecule has 0 aliphatic heterocycles. The van der Waals surface area contributed by atoms with E-state index < -0.39 is 12.0 Å². The lowest BCUT2D eigenvalue weighted by molar-refractivity contribution is -0.138. The van der Waals surface area contributed by atoms with Gasteiger partial charge in [-0.15, -0.1) is 0 Å². The fraction of sp³-hybridized carbons (Fsp3) is 0.308. The molecule has 0 aliphatic carbocycles. The van der Waals surface area contributed by atoms with Gasteiger partial charge in [-0.25, -0.2) is 0 Å². The number of aliphatic carboxylic acids is 1. The predicted molar refractivity (Wildman–Crippen MR) is 65.0 cm³/mol. The summed E-state index contributed by atoms with van der Waals surface area (Å²) in [4.78, 5) is 10.7. The molecule has 0 bridgehead atoms. The number of hydrogen-bond donors (Lipinski definition) is 2. The van der Waals surface area contributed by atoms with Crippen molar-refractivity contribution in [2.24, 2.45) is 5.73 Å². The molecule has 4 nitrogen and oxygen atoms in total. The Hall–Kier alpha value is -1.81. The summed E-state index contributed by atoms with van der Waals surface area (Å²) in [5.41, 5.74) is 8.41. The first-order valence-electron chi connectivity index (χ1n) is 5.46. The van der Waals surface area contributed by atoms with Crippen LogP contribution in [0.25, 0.3) is 11.0 Å².